The Balaban J connectivity index is 1.47. The third-order valence-corrected chi connectivity index (χ3v) is 5.36. The summed E-state index contributed by atoms with van der Waals surface area (Å²) in [6.07, 6.45) is 4.37. The minimum atomic E-state index is -3.89. The lowest BCUT2D eigenvalue weighted by atomic mass is 10.1. The summed E-state index contributed by atoms with van der Waals surface area (Å²) in [7, 11) is -3.89. The number of fused-ring (bicyclic) bond motifs is 1. The average Bonchev–Trinajstić information content (AvgIpc) is 3.26. The Labute approximate surface area is 183 Å². The Kier molecular flexibility index (Phi) is 5.26. The normalized spacial score (nSPS) is 14.6. The number of amides is 1. The highest BCUT2D eigenvalue weighted by molar-refractivity contribution is 7.91. The van der Waals surface area contributed by atoms with Crippen LogP contribution in [0.1, 0.15) is 29.8 Å². The molecule has 4 rings (SSSR count). The van der Waals surface area contributed by atoms with Gasteiger partial charge in [0, 0.05) is 11.8 Å². The second-order valence-corrected chi connectivity index (χ2v) is 8.94. The van der Waals surface area contributed by atoms with Gasteiger partial charge in [-0.05, 0) is 38.1 Å². The third kappa shape index (κ3) is 4.51. The standard InChI is InChI=1S/C19H20N8O4S/c1-19(2,24-18(28)12-6-7-22-15(8-12)27-11-21-10-23-27)9-31-14-5-3-4-13-16(14)17(20)26-32(29,30)25-13/h3-8,10-11,25H,9H2,1-2H3,(H2,20,26)(H,24,28). The molecule has 0 fully saturated rings. The summed E-state index contributed by atoms with van der Waals surface area (Å²) in [4.78, 5) is 20.8. The molecule has 0 atom stereocenters. The fraction of sp³-hybridized carbons (Fsp3) is 0.211. The fourth-order valence-corrected chi connectivity index (χ4v) is 3.87. The van der Waals surface area contributed by atoms with E-state index >= 15 is 0 Å². The van der Waals surface area contributed by atoms with Crippen LogP contribution in [0.15, 0.2) is 53.6 Å². The molecule has 166 valence electrons. The van der Waals surface area contributed by atoms with Crippen LogP contribution in [0.2, 0.25) is 0 Å². The third-order valence-electron chi connectivity index (χ3n) is 4.44. The van der Waals surface area contributed by atoms with Gasteiger partial charge in [-0.3, -0.25) is 9.52 Å². The fourth-order valence-electron chi connectivity index (χ4n) is 3.02. The zero-order chi connectivity index (χ0) is 22.9. The first-order valence-corrected chi connectivity index (χ1v) is 10.9. The maximum absolute atomic E-state index is 12.8. The summed E-state index contributed by atoms with van der Waals surface area (Å²) in [5.74, 6) is 0.295. The van der Waals surface area contributed by atoms with Crippen molar-refractivity contribution in [2.45, 2.75) is 19.4 Å². The maximum atomic E-state index is 12.8. The van der Waals surface area contributed by atoms with Gasteiger partial charge < -0.3 is 15.8 Å². The zero-order valence-electron chi connectivity index (χ0n) is 17.2. The van der Waals surface area contributed by atoms with Crippen LogP contribution >= 0.6 is 0 Å². The minimum Gasteiger partial charge on any atom is -0.490 e. The highest BCUT2D eigenvalue weighted by atomic mass is 32.2. The SMILES string of the molecule is CC(C)(COc1cccc2c1C(N)=NS(=O)(=O)N2)NC(=O)c1ccnc(-n2cncn2)c1. The smallest absolute Gasteiger partial charge is 0.344 e. The van der Waals surface area contributed by atoms with E-state index in [0.717, 1.165) is 0 Å². The van der Waals surface area contributed by atoms with Gasteiger partial charge in [0.05, 0.1) is 16.8 Å². The van der Waals surface area contributed by atoms with Crippen molar-refractivity contribution in [1.82, 2.24) is 25.1 Å². The Morgan fingerprint density at radius 2 is 2.12 bits per heavy atom. The molecule has 13 heteroatoms. The quantitative estimate of drug-likeness (QED) is 0.485. The van der Waals surface area contributed by atoms with E-state index < -0.39 is 15.7 Å². The van der Waals surface area contributed by atoms with Gasteiger partial charge in [0.15, 0.2) is 11.7 Å². The van der Waals surface area contributed by atoms with Crippen molar-refractivity contribution in [2.24, 2.45) is 10.1 Å². The van der Waals surface area contributed by atoms with E-state index in [-0.39, 0.29) is 24.0 Å². The van der Waals surface area contributed by atoms with Crippen molar-refractivity contribution in [2.75, 3.05) is 11.3 Å². The van der Waals surface area contributed by atoms with Gasteiger partial charge in [-0.2, -0.15) is 13.5 Å². The van der Waals surface area contributed by atoms with E-state index in [0.29, 0.717) is 22.7 Å². The molecule has 4 N–H and O–H groups in total. The summed E-state index contributed by atoms with van der Waals surface area (Å²) in [6, 6.07) is 8.02. The van der Waals surface area contributed by atoms with Crippen molar-refractivity contribution in [3.05, 3.63) is 60.3 Å². The summed E-state index contributed by atoms with van der Waals surface area (Å²) in [5.41, 5.74) is 6.06. The zero-order valence-corrected chi connectivity index (χ0v) is 18.0. The van der Waals surface area contributed by atoms with E-state index in [4.69, 9.17) is 10.5 Å². The number of pyridine rings is 1. The summed E-state index contributed by atoms with van der Waals surface area (Å²) in [6.45, 7) is 3.66. The van der Waals surface area contributed by atoms with Crippen LogP contribution in [0.5, 0.6) is 5.75 Å². The molecule has 0 unspecified atom stereocenters. The lowest BCUT2D eigenvalue weighted by molar-refractivity contribution is 0.0880. The van der Waals surface area contributed by atoms with Gasteiger partial charge in [-0.1, -0.05) is 6.07 Å². The van der Waals surface area contributed by atoms with Gasteiger partial charge in [0.25, 0.3) is 5.91 Å². The number of nitrogens with one attached hydrogen (secondary N) is 2. The molecule has 3 heterocycles. The highest BCUT2D eigenvalue weighted by Gasteiger charge is 2.27. The lowest BCUT2D eigenvalue weighted by Crippen LogP contribution is -2.48. The van der Waals surface area contributed by atoms with Crippen molar-refractivity contribution in [3.63, 3.8) is 0 Å². The molecule has 0 spiro atoms. The number of nitrogens with two attached hydrogens (primary N) is 1. The van der Waals surface area contributed by atoms with E-state index in [1.807, 2.05) is 0 Å². The van der Waals surface area contributed by atoms with Crippen LogP contribution in [0.25, 0.3) is 5.82 Å². The highest BCUT2D eigenvalue weighted by Crippen LogP contribution is 2.30. The summed E-state index contributed by atoms with van der Waals surface area (Å²) in [5, 5.41) is 6.91. The maximum Gasteiger partial charge on any atom is 0.344 e. The van der Waals surface area contributed by atoms with Crippen molar-refractivity contribution in [1.29, 1.82) is 0 Å². The molecule has 0 aliphatic carbocycles. The molecule has 1 aliphatic rings. The molecule has 0 bridgehead atoms. The number of anilines is 1. The van der Waals surface area contributed by atoms with Gasteiger partial charge in [0.1, 0.15) is 25.0 Å². The molecule has 32 heavy (non-hydrogen) atoms. The Hall–Kier alpha value is -4.00. The molecular weight excluding hydrogens is 436 g/mol. The number of aromatic nitrogens is 4. The molecule has 12 nitrogen and oxygen atoms in total. The topological polar surface area (TPSA) is 166 Å². The Morgan fingerprint density at radius 3 is 2.88 bits per heavy atom. The van der Waals surface area contributed by atoms with Crippen LogP contribution in [0.4, 0.5) is 5.69 Å². The minimum absolute atomic E-state index is 0.0796. The molecular formula is C19H20N8O4S. The number of rotatable bonds is 6. The molecule has 0 saturated carbocycles. The first-order valence-electron chi connectivity index (χ1n) is 9.41. The molecule has 0 radical (unpaired) electrons. The van der Waals surface area contributed by atoms with E-state index in [2.05, 4.69) is 29.5 Å². The van der Waals surface area contributed by atoms with Crippen LogP contribution in [0, 0.1) is 0 Å². The van der Waals surface area contributed by atoms with Gasteiger partial charge in [0.2, 0.25) is 0 Å². The van der Waals surface area contributed by atoms with Gasteiger partial charge in [-0.15, -0.1) is 4.40 Å². The molecule has 1 aliphatic heterocycles. The van der Waals surface area contributed by atoms with E-state index in [1.165, 1.54) is 23.5 Å². The monoisotopic (exact) mass is 456 g/mol. The van der Waals surface area contributed by atoms with E-state index in [9.17, 15) is 13.2 Å². The Bertz CT molecular complexity index is 1300. The van der Waals surface area contributed by atoms with E-state index in [1.54, 1.807) is 44.2 Å². The van der Waals surface area contributed by atoms with Crippen LogP contribution in [-0.2, 0) is 10.2 Å². The number of carbonyl (C=O) groups excluding carboxylic acids is 1. The Morgan fingerprint density at radius 1 is 1.31 bits per heavy atom. The van der Waals surface area contributed by atoms with Crippen LogP contribution < -0.4 is 20.5 Å². The van der Waals surface area contributed by atoms with Crippen molar-refractivity contribution >= 4 is 27.6 Å². The van der Waals surface area contributed by atoms with Crippen LogP contribution in [0.3, 0.4) is 0 Å². The molecule has 0 saturated heterocycles. The van der Waals surface area contributed by atoms with Crippen molar-refractivity contribution < 1.29 is 17.9 Å². The molecule has 3 aromatic rings. The number of carbonyl (C=O) groups is 1. The number of benzene rings is 1. The van der Waals surface area contributed by atoms with Crippen molar-refractivity contribution in [3.8, 4) is 11.6 Å². The first kappa shape index (κ1) is 21.2. The largest absolute Gasteiger partial charge is 0.490 e. The van der Waals surface area contributed by atoms with Gasteiger partial charge >= 0.3 is 10.2 Å². The second kappa shape index (κ2) is 7.92. The number of ether oxygens (including phenoxy) is 1. The number of amidine groups is 1. The molecule has 1 aromatic carbocycles. The molecule has 1 amide bonds. The summed E-state index contributed by atoms with van der Waals surface area (Å²) < 4.78 is 36.6. The predicted octanol–water partition coefficient (Wildman–Crippen LogP) is 0.625. The predicted molar refractivity (Wildman–Crippen MR) is 116 cm³/mol. The van der Waals surface area contributed by atoms with Crippen LogP contribution in [-0.4, -0.2) is 52.1 Å². The van der Waals surface area contributed by atoms with Gasteiger partial charge in [-0.25, -0.2) is 14.6 Å². The number of hydrogen-bond acceptors (Lipinski definition) is 8. The number of hydrogen-bond donors (Lipinski definition) is 3. The number of nitrogens with zero attached hydrogens (tertiary/aromatic N) is 5. The second-order valence-electron chi connectivity index (χ2n) is 7.60. The summed E-state index contributed by atoms with van der Waals surface area (Å²) >= 11 is 0. The molecule has 2 aromatic heterocycles. The first-order chi connectivity index (χ1) is 15.1. The lowest BCUT2D eigenvalue weighted by Gasteiger charge is -2.27. The average molecular weight is 456 g/mol.